The Morgan fingerprint density at radius 3 is 1.37 bits per heavy atom. The third kappa shape index (κ3) is 4.84. The molecule has 0 aliphatic carbocycles. The fraction of sp³-hybridized carbons (Fsp3) is 0.286. The van der Waals surface area contributed by atoms with Crippen molar-refractivity contribution in [1.82, 2.24) is 9.13 Å². The van der Waals surface area contributed by atoms with Gasteiger partial charge in [-0.05, 0) is 48.2 Å². The van der Waals surface area contributed by atoms with Crippen molar-refractivity contribution in [1.29, 1.82) is 0 Å². The molecule has 2 N–H and O–H groups in total. The van der Waals surface area contributed by atoms with Gasteiger partial charge >= 0.3 is 0 Å². The van der Waals surface area contributed by atoms with Crippen molar-refractivity contribution >= 4 is 33.2 Å². The van der Waals surface area contributed by atoms with E-state index in [1.165, 1.54) is 11.1 Å². The lowest BCUT2D eigenvalue weighted by atomic mass is 9.95. The second-order valence-corrected chi connectivity index (χ2v) is 13.6. The Hall–Kier alpha value is -5.90. The van der Waals surface area contributed by atoms with Crippen molar-refractivity contribution in [3.05, 3.63) is 105 Å². The number of fused-ring (bicyclic) bond motifs is 4. The summed E-state index contributed by atoms with van der Waals surface area (Å²) in [6.45, 7) is 2.05. The molecule has 2 aromatic heterocycles. The first-order valence-corrected chi connectivity index (χ1v) is 17.6. The minimum absolute atomic E-state index is 0.109. The molecule has 6 aromatic rings. The molecule has 0 amide bonds. The van der Waals surface area contributed by atoms with Crippen LogP contribution in [0.5, 0.6) is 34.5 Å². The van der Waals surface area contributed by atoms with E-state index in [4.69, 9.17) is 28.9 Å². The van der Waals surface area contributed by atoms with Gasteiger partial charge in [0, 0.05) is 71.1 Å². The van der Waals surface area contributed by atoms with Crippen LogP contribution in [0.2, 0.25) is 0 Å². The normalized spacial score (nSPS) is 15.1. The summed E-state index contributed by atoms with van der Waals surface area (Å²) in [5.74, 6) is 2.59. The summed E-state index contributed by atoms with van der Waals surface area (Å²) in [6.07, 6.45) is 2.46. The van der Waals surface area contributed by atoms with Crippen molar-refractivity contribution in [2.24, 2.45) is 9.98 Å². The maximum absolute atomic E-state index is 11.9. The lowest BCUT2D eigenvalue weighted by Crippen LogP contribution is -2.21. The first-order valence-electron chi connectivity index (χ1n) is 17.6. The van der Waals surface area contributed by atoms with Gasteiger partial charge in [-0.25, -0.2) is 0 Å². The number of rotatable bonds is 4. The number of methoxy groups -OCH3 is 4. The van der Waals surface area contributed by atoms with Crippen LogP contribution in [0.25, 0.3) is 21.8 Å². The molecule has 4 aromatic carbocycles. The predicted octanol–water partition coefficient (Wildman–Crippen LogP) is 6.63. The Morgan fingerprint density at radius 1 is 0.538 bits per heavy atom. The van der Waals surface area contributed by atoms with E-state index in [2.05, 4.69) is 33.4 Å². The first kappa shape index (κ1) is 32.0. The van der Waals surface area contributed by atoms with Crippen LogP contribution in [0.4, 0.5) is 0 Å². The average Bonchev–Trinajstić information content (AvgIpc) is 3.65. The summed E-state index contributed by atoms with van der Waals surface area (Å²) in [7, 11) is 6.55. The van der Waals surface area contributed by atoms with Crippen LogP contribution in [-0.4, -0.2) is 72.3 Å². The summed E-state index contributed by atoms with van der Waals surface area (Å²) in [5.41, 5.74) is 11.3. The molecule has 52 heavy (non-hydrogen) atoms. The molecule has 6 aliphatic heterocycles. The highest BCUT2D eigenvalue weighted by Crippen LogP contribution is 2.42. The molecule has 12 rings (SSSR count). The number of phenols is 2. The van der Waals surface area contributed by atoms with Gasteiger partial charge in [0.05, 0.1) is 75.4 Å². The highest BCUT2D eigenvalue weighted by atomic mass is 16.5. The molecule has 0 saturated carbocycles. The summed E-state index contributed by atoms with van der Waals surface area (Å²) in [5, 5.41) is 26.1. The number of aromatic nitrogens is 2. The van der Waals surface area contributed by atoms with Crippen molar-refractivity contribution in [2.45, 2.75) is 38.8 Å². The van der Waals surface area contributed by atoms with Gasteiger partial charge in [-0.2, -0.15) is 0 Å². The molecular weight excluding hydrogens is 656 g/mol. The number of aliphatic imine (C=N–C) groups is 2. The zero-order valence-corrected chi connectivity index (χ0v) is 29.7. The number of benzene rings is 4. The number of phenolic OH excluding ortho intramolecular Hbond substituents is 2. The smallest absolute Gasteiger partial charge is 0.164 e. The van der Waals surface area contributed by atoms with E-state index in [1.807, 2.05) is 36.4 Å². The summed E-state index contributed by atoms with van der Waals surface area (Å²) in [6, 6.07) is 20.4. The van der Waals surface area contributed by atoms with Gasteiger partial charge in [-0.1, -0.05) is 24.3 Å². The van der Waals surface area contributed by atoms with Gasteiger partial charge in [-0.3, -0.25) is 9.98 Å². The second kappa shape index (κ2) is 12.4. The zero-order chi connectivity index (χ0) is 35.7. The zero-order valence-electron chi connectivity index (χ0n) is 29.7. The van der Waals surface area contributed by atoms with Crippen LogP contribution in [-0.2, 0) is 38.8 Å². The monoisotopic (exact) mass is 696 g/mol. The molecule has 0 saturated heterocycles. The van der Waals surface area contributed by atoms with E-state index < -0.39 is 0 Å². The lowest BCUT2D eigenvalue weighted by Gasteiger charge is -2.23. The Bertz CT molecular complexity index is 2330. The third-order valence-corrected chi connectivity index (χ3v) is 11.0. The fourth-order valence-electron chi connectivity index (χ4n) is 8.58. The van der Waals surface area contributed by atoms with Gasteiger partial charge in [0.2, 0.25) is 0 Å². The Kier molecular flexibility index (Phi) is 7.64. The van der Waals surface area contributed by atoms with Crippen molar-refractivity contribution in [3.63, 3.8) is 0 Å². The first-order chi connectivity index (χ1) is 25.4. The Balaban J connectivity index is 1.31. The maximum Gasteiger partial charge on any atom is 0.164 e. The molecule has 0 unspecified atom stereocenters. The molecule has 0 radical (unpaired) electrons. The van der Waals surface area contributed by atoms with Crippen molar-refractivity contribution in [2.75, 3.05) is 41.5 Å². The van der Waals surface area contributed by atoms with Crippen LogP contribution in [0, 0.1) is 0 Å². The molecule has 0 spiro atoms. The Morgan fingerprint density at radius 2 is 0.962 bits per heavy atom. The molecule has 8 heterocycles. The molecule has 0 atom stereocenters. The minimum atomic E-state index is 0.109. The molecular formula is C42H40N4O6. The second-order valence-electron chi connectivity index (χ2n) is 13.6. The highest BCUT2D eigenvalue weighted by molar-refractivity contribution is 6.09. The van der Waals surface area contributed by atoms with Gasteiger partial charge < -0.3 is 38.3 Å². The maximum atomic E-state index is 11.9. The van der Waals surface area contributed by atoms with Crippen molar-refractivity contribution < 1.29 is 29.2 Å². The van der Waals surface area contributed by atoms with E-state index >= 15 is 0 Å². The molecule has 6 aliphatic rings. The van der Waals surface area contributed by atoms with Gasteiger partial charge in [0.15, 0.2) is 23.0 Å². The summed E-state index contributed by atoms with van der Waals surface area (Å²) >= 11 is 0. The quantitative estimate of drug-likeness (QED) is 0.214. The van der Waals surface area contributed by atoms with Gasteiger partial charge in [-0.15, -0.1) is 0 Å². The number of ether oxygens (including phenoxy) is 4. The summed E-state index contributed by atoms with van der Waals surface area (Å²) in [4.78, 5) is 10.2. The molecule has 264 valence electrons. The van der Waals surface area contributed by atoms with Crippen LogP contribution in [0.1, 0.15) is 44.8 Å². The molecule has 10 nitrogen and oxygen atoms in total. The standard InChI is InChI=1S/C42H40N4O6/c1-49-27-9-11-29-31-13-15-43-33-17-23-6-8-26(40(48)42(23)52-4)22-46-36-20-28(50-2)10-12-30(36)32-14-16-44-34(38(32)46)18-24-5-7-25(39(47)41(24)51-3)21-45(37(31)33)35(29)19-27/h5-12,19-20,47-48H,13-18,21-22H2,1-4H3. The SMILES string of the molecule is COc1ccc2c3c4n(c2c1)Cc1ccc(c(OC)c1O)CC1=NCCc2c1n(c1cc(OC)ccc21)Cc1ccc(c(OC)c1O)CC4=NCC3. The van der Waals surface area contributed by atoms with Crippen LogP contribution >= 0.6 is 0 Å². The van der Waals surface area contributed by atoms with E-state index in [0.717, 1.165) is 91.2 Å². The van der Waals surface area contributed by atoms with Crippen molar-refractivity contribution in [3.8, 4) is 34.5 Å². The predicted molar refractivity (Wildman–Crippen MR) is 202 cm³/mol. The minimum Gasteiger partial charge on any atom is -0.504 e. The van der Waals surface area contributed by atoms with E-state index in [1.54, 1.807) is 28.4 Å². The number of hydrogen-bond donors (Lipinski definition) is 2. The van der Waals surface area contributed by atoms with E-state index in [9.17, 15) is 10.2 Å². The molecule has 0 fully saturated rings. The topological polar surface area (TPSA) is 112 Å². The number of nitrogens with zero attached hydrogens (tertiary/aromatic N) is 4. The summed E-state index contributed by atoms with van der Waals surface area (Å²) < 4.78 is 27.7. The van der Waals surface area contributed by atoms with Crippen LogP contribution in [0.3, 0.4) is 0 Å². The van der Waals surface area contributed by atoms with Crippen LogP contribution < -0.4 is 18.9 Å². The number of aromatic hydroxyl groups is 2. The average molecular weight is 697 g/mol. The van der Waals surface area contributed by atoms with E-state index in [0.29, 0.717) is 50.5 Å². The van der Waals surface area contributed by atoms with Gasteiger partial charge in [0.25, 0.3) is 0 Å². The number of hydrogen-bond acceptors (Lipinski definition) is 8. The van der Waals surface area contributed by atoms with Crippen LogP contribution in [0.15, 0.2) is 70.6 Å². The molecule has 4 bridgehead atoms. The Labute approximate surface area is 301 Å². The highest BCUT2D eigenvalue weighted by Gasteiger charge is 2.30. The fourth-order valence-corrected chi connectivity index (χ4v) is 8.58. The van der Waals surface area contributed by atoms with E-state index in [-0.39, 0.29) is 11.5 Å². The lowest BCUT2D eigenvalue weighted by molar-refractivity contribution is 0.366. The van der Waals surface area contributed by atoms with Gasteiger partial charge in [0.1, 0.15) is 11.5 Å². The largest absolute Gasteiger partial charge is 0.504 e. The third-order valence-electron chi connectivity index (χ3n) is 11.0. The molecule has 10 heteroatoms.